The predicted octanol–water partition coefficient (Wildman–Crippen LogP) is 6.77. The number of rotatable bonds is 12. The van der Waals surface area contributed by atoms with Gasteiger partial charge < -0.3 is 27.8 Å². The lowest BCUT2D eigenvalue weighted by Gasteiger charge is -2.14. The van der Waals surface area contributed by atoms with Crippen molar-refractivity contribution < 1.29 is 28.2 Å². The highest BCUT2D eigenvalue weighted by molar-refractivity contribution is 5.92. The number of hydrogen-bond acceptors (Lipinski definition) is 7. The second-order valence-corrected chi connectivity index (χ2v) is 10.9. The van der Waals surface area contributed by atoms with E-state index in [1.807, 2.05) is 68.4 Å². The molecule has 0 unspecified atom stereocenters. The number of aryl methyl sites for hydroxylation is 3. The van der Waals surface area contributed by atoms with Crippen LogP contribution in [-0.2, 0) is 16.1 Å². The SMILES string of the molecule is CCOC(=O)[C@@H](C)Oc1ccc(-n2c(C)cc(/C=N/NC(=O)c3ccc(COc4ccc(-n5c(C)ccc5C)cc4)o3)c2C)cc1. The van der Waals surface area contributed by atoms with Gasteiger partial charge >= 0.3 is 11.9 Å². The minimum absolute atomic E-state index is 0.134. The maximum Gasteiger partial charge on any atom is 0.347 e. The molecule has 0 bridgehead atoms. The third kappa shape index (κ3) is 7.23. The molecule has 10 heteroatoms. The highest BCUT2D eigenvalue weighted by atomic mass is 16.6. The van der Waals surface area contributed by atoms with Crippen LogP contribution >= 0.6 is 0 Å². The maximum absolute atomic E-state index is 12.7. The van der Waals surface area contributed by atoms with Crippen molar-refractivity contribution in [2.75, 3.05) is 6.61 Å². The number of nitrogens with one attached hydrogen (secondary N) is 1. The second-order valence-electron chi connectivity index (χ2n) is 10.9. The van der Waals surface area contributed by atoms with Crippen LogP contribution in [0.1, 0.15) is 58.5 Å². The summed E-state index contributed by atoms with van der Waals surface area (Å²) < 4.78 is 26.5. The van der Waals surface area contributed by atoms with Gasteiger partial charge in [-0.3, -0.25) is 4.79 Å². The zero-order valence-corrected chi connectivity index (χ0v) is 26.9. The Labute approximate surface area is 268 Å². The molecule has 1 amide bonds. The minimum Gasteiger partial charge on any atom is -0.486 e. The van der Waals surface area contributed by atoms with Crippen molar-refractivity contribution in [3.63, 3.8) is 0 Å². The number of carbonyl (C=O) groups is 2. The Morgan fingerprint density at radius 1 is 0.848 bits per heavy atom. The van der Waals surface area contributed by atoms with Gasteiger partial charge in [0.05, 0.1) is 12.8 Å². The van der Waals surface area contributed by atoms with Gasteiger partial charge in [-0.05, 0) is 120 Å². The Morgan fingerprint density at radius 3 is 2.13 bits per heavy atom. The summed E-state index contributed by atoms with van der Waals surface area (Å²) in [7, 11) is 0. The fourth-order valence-electron chi connectivity index (χ4n) is 5.22. The molecule has 2 aromatic carbocycles. The molecule has 46 heavy (non-hydrogen) atoms. The summed E-state index contributed by atoms with van der Waals surface area (Å²) in [4.78, 5) is 24.6. The van der Waals surface area contributed by atoms with E-state index in [4.69, 9.17) is 18.6 Å². The molecule has 0 saturated carbocycles. The Balaban J connectivity index is 1.15. The first-order valence-corrected chi connectivity index (χ1v) is 15.1. The number of aromatic nitrogens is 2. The van der Waals surface area contributed by atoms with Crippen molar-refractivity contribution in [2.24, 2.45) is 5.10 Å². The van der Waals surface area contributed by atoms with Crippen molar-refractivity contribution in [3.8, 4) is 22.9 Å². The third-order valence-electron chi connectivity index (χ3n) is 7.50. The van der Waals surface area contributed by atoms with Crippen LogP contribution in [0.2, 0.25) is 0 Å². The van der Waals surface area contributed by atoms with Crippen molar-refractivity contribution in [1.82, 2.24) is 14.6 Å². The molecule has 3 aromatic heterocycles. The third-order valence-corrected chi connectivity index (χ3v) is 7.50. The van der Waals surface area contributed by atoms with Crippen LogP contribution in [0.15, 0.2) is 88.4 Å². The first kappa shape index (κ1) is 31.9. The van der Waals surface area contributed by atoms with Crippen LogP contribution in [0.25, 0.3) is 11.4 Å². The number of ether oxygens (including phenoxy) is 3. The monoisotopic (exact) mass is 622 g/mol. The summed E-state index contributed by atoms with van der Waals surface area (Å²) in [6, 6.07) is 24.7. The molecule has 3 heterocycles. The van der Waals surface area contributed by atoms with Gasteiger partial charge in [0.15, 0.2) is 11.9 Å². The molecule has 5 aromatic rings. The molecule has 1 atom stereocenters. The average Bonchev–Trinajstić information content (AvgIpc) is 3.73. The first-order chi connectivity index (χ1) is 22.1. The van der Waals surface area contributed by atoms with Crippen LogP contribution in [0.3, 0.4) is 0 Å². The lowest BCUT2D eigenvalue weighted by molar-refractivity contribution is -0.150. The maximum atomic E-state index is 12.7. The predicted molar refractivity (Wildman–Crippen MR) is 175 cm³/mol. The zero-order valence-electron chi connectivity index (χ0n) is 26.9. The van der Waals surface area contributed by atoms with E-state index >= 15 is 0 Å². The molecule has 1 N–H and O–H groups in total. The molecular weight excluding hydrogens is 584 g/mol. The van der Waals surface area contributed by atoms with Gasteiger partial charge in [-0.1, -0.05) is 0 Å². The van der Waals surface area contributed by atoms with Gasteiger partial charge in [-0.2, -0.15) is 5.10 Å². The largest absolute Gasteiger partial charge is 0.486 e. The van der Waals surface area contributed by atoms with Crippen molar-refractivity contribution in [1.29, 1.82) is 0 Å². The Hall–Kier alpha value is -5.51. The second kappa shape index (κ2) is 14.1. The van der Waals surface area contributed by atoms with Gasteiger partial charge in [0.25, 0.3) is 0 Å². The molecule has 0 aliphatic carbocycles. The summed E-state index contributed by atoms with van der Waals surface area (Å²) in [5.74, 6) is 1.04. The number of hydrogen-bond donors (Lipinski definition) is 1. The topological polar surface area (TPSA) is 109 Å². The smallest absolute Gasteiger partial charge is 0.347 e. The number of nitrogens with zero attached hydrogens (tertiary/aromatic N) is 3. The molecule has 238 valence electrons. The number of carbonyl (C=O) groups excluding carboxylic acids is 2. The number of furan rings is 1. The fourth-order valence-corrected chi connectivity index (χ4v) is 5.22. The molecule has 0 saturated heterocycles. The van der Waals surface area contributed by atoms with E-state index in [1.165, 1.54) is 0 Å². The molecule has 0 radical (unpaired) electrons. The van der Waals surface area contributed by atoms with E-state index in [-0.39, 0.29) is 12.4 Å². The van der Waals surface area contributed by atoms with E-state index in [0.29, 0.717) is 23.9 Å². The molecule has 0 aliphatic heterocycles. The van der Waals surface area contributed by atoms with Gasteiger partial charge in [0, 0.05) is 39.7 Å². The van der Waals surface area contributed by atoms with Crippen molar-refractivity contribution in [2.45, 2.75) is 54.3 Å². The molecular formula is C36H38N4O6. The normalized spacial score (nSPS) is 11.9. The average molecular weight is 623 g/mol. The number of hydrazone groups is 1. The van der Waals surface area contributed by atoms with E-state index in [0.717, 1.165) is 39.7 Å². The van der Waals surface area contributed by atoms with Crippen LogP contribution < -0.4 is 14.9 Å². The fraction of sp³-hybridized carbons (Fsp3) is 0.250. The number of benzene rings is 2. The van der Waals surface area contributed by atoms with Gasteiger partial charge in [-0.25, -0.2) is 10.2 Å². The quantitative estimate of drug-likeness (QED) is 0.0935. The summed E-state index contributed by atoms with van der Waals surface area (Å²) in [5.41, 5.74) is 9.61. The molecule has 5 rings (SSSR count). The molecule has 10 nitrogen and oxygen atoms in total. The van der Waals surface area contributed by atoms with Crippen LogP contribution in [-0.4, -0.2) is 39.9 Å². The number of esters is 1. The van der Waals surface area contributed by atoms with E-state index < -0.39 is 18.0 Å². The summed E-state index contributed by atoms with van der Waals surface area (Å²) in [6.07, 6.45) is 0.899. The lowest BCUT2D eigenvalue weighted by Crippen LogP contribution is -2.26. The summed E-state index contributed by atoms with van der Waals surface area (Å²) in [6.45, 7) is 12.0. The molecule has 0 fully saturated rings. The van der Waals surface area contributed by atoms with Gasteiger partial charge in [-0.15, -0.1) is 0 Å². The van der Waals surface area contributed by atoms with Crippen molar-refractivity contribution >= 4 is 18.1 Å². The summed E-state index contributed by atoms with van der Waals surface area (Å²) in [5, 5.41) is 4.15. The van der Waals surface area contributed by atoms with Crippen molar-refractivity contribution in [3.05, 3.63) is 119 Å². The van der Waals surface area contributed by atoms with Crippen LogP contribution in [0.5, 0.6) is 11.5 Å². The van der Waals surface area contributed by atoms with E-state index in [1.54, 1.807) is 32.2 Å². The standard InChI is InChI=1S/C36H38N4O6/c1-7-43-36(42)27(6)45-32-16-12-30(13-17-32)40-25(4)20-28(26(40)5)21-37-38-35(41)34-19-18-33(46-34)22-44-31-14-10-29(11-15-31)39-23(2)8-9-24(39)3/h8-21,27H,7,22H2,1-6H3,(H,38,41)/b37-21+/t27-/m1/s1. The molecule has 0 aliphatic rings. The summed E-state index contributed by atoms with van der Waals surface area (Å²) >= 11 is 0. The highest BCUT2D eigenvalue weighted by Crippen LogP contribution is 2.24. The van der Waals surface area contributed by atoms with Gasteiger partial charge in [0.2, 0.25) is 0 Å². The van der Waals surface area contributed by atoms with Crippen LogP contribution in [0.4, 0.5) is 0 Å². The molecule has 0 spiro atoms. The van der Waals surface area contributed by atoms with E-state index in [2.05, 4.69) is 45.6 Å². The minimum atomic E-state index is -0.701. The van der Waals surface area contributed by atoms with Crippen LogP contribution in [0, 0.1) is 27.7 Å². The Bertz CT molecular complexity index is 1820. The zero-order chi connectivity index (χ0) is 32.8. The van der Waals surface area contributed by atoms with Gasteiger partial charge in [0.1, 0.15) is 23.9 Å². The van der Waals surface area contributed by atoms with E-state index in [9.17, 15) is 9.59 Å². The first-order valence-electron chi connectivity index (χ1n) is 15.1. The number of amides is 1. The Morgan fingerprint density at radius 2 is 1.48 bits per heavy atom. The highest BCUT2D eigenvalue weighted by Gasteiger charge is 2.16. The lowest BCUT2D eigenvalue weighted by atomic mass is 10.2. The Kier molecular flexibility index (Phi) is 9.76.